The fourth-order valence-electron chi connectivity index (χ4n) is 1.89. The Morgan fingerprint density at radius 1 is 1.61 bits per heavy atom. The predicted octanol–water partition coefficient (Wildman–Crippen LogP) is 1.61. The molecule has 1 saturated heterocycles. The standard InChI is InChI=1S/C13H18N2O2S/c1-10-8-15(5-6-18-10)13(16)9-17-12-4-2-3-11(14)7-12/h2-4,7,10H,5-6,8-9,14H2,1H3. The van der Waals surface area contributed by atoms with E-state index in [-0.39, 0.29) is 12.5 Å². The molecule has 4 nitrogen and oxygen atoms in total. The van der Waals surface area contributed by atoms with Crippen LogP contribution in [0.15, 0.2) is 24.3 Å². The maximum atomic E-state index is 12.0. The highest BCUT2D eigenvalue weighted by Gasteiger charge is 2.21. The highest BCUT2D eigenvalue weighted by atomic mass is 32.2. The molecular formula is C13H18N2O2S. The van der Waals surface area contributed by atoms with Crippen LogP contribution in [0.4, 0.5) is 5.69 Å². The number of hydrogen-bond donors (Lipinski definition) is 1. The average molecular weight is 266 g/mol. The van der Waals surface area contributed by atoms with Crippen molar-refractivity contribution in [3.63, 3.8) is 0 Å². The molecule has 1 aromatic carbocycles. The highest BCUT2D eigenvalue weighted by molar-refractivity contribution is 7.99. The zero-order valence-electron chi connectivity index (χ0n) is 10.5. The normalized spacial score (nSPS) is 19.6. The second kappa shape index (κ2) is 6.00. The van der Waals surface area contributed by atoms with Gasteiger partial charge in [0, 0.05) is 35.8 Å². The molecule has 1 heterocycles. The quantitative estimate of drug-likeness (QED) is 0.845. The molecule has 2 rings (SSSR count). The molecule has 1 fully saturated rings. The van der Waals surface area contributed by atoms with Gasteiger partial charge in [-0.15, -0.1) is 0 Å². The number of rotatable bonds is 3. The van der Waals surface area contributed by atoms with Crippen molar-refractivity contribution < 1.29 is 9.53 Å². The minimum absolute atomic E-state index is 0.0459. The summed E-state index contributed by atoms with van der Waals surface area (Å²) in [6, 6.07) is 7.13. The maximum Gasteiger partial charge on any atom is 0.260 e. The molecule has 0 aliphatic carbocycles. The number of carbonyl (C=O) groups is 1. The first-order chi connectivity index (χ1) is 8.65. The largest absolute Gasteiger partial charge is 0.484 e. The Bertz CT molecular complexity index is 425. The summed E-state index contributed by atoms with van der Waals surface area (Å²) < 4.78 is 5.46. The summed E-state index contributed by atoms with van der Waals surface area (Å²) in [4.78, 5) is 13.8. The van der Waals surface area contributed by atoms with Crippen LogP contribution in [0.1, 0.15) is 6.92 Å². The number of anilines is 1. The molecule has 1 atom stereocenters. The Labute approximate surface area is 111 Å². The first kappa shape index (κ1) is 13.1. The fourth-order valence-corrected chi connectivity index (χ4v) is 2.90. The van der Waals surface area contributed by atoms with Crippen molar-refractivity contribution >= 4 is 23.4 Å². The van der Waals surface area contributed by atoms with E-state index >= 15 is 0 Å². The van der Waals surface area contributed by atoms with E-state index in [4.69, 9.17) is 10.5 Å². The molecule has 0 bridgehead atoms. The summed E-state index contributed by atoms with van der Waals surface area (Å²) in [5, 5.41) is 0.509. The topological polar surface area (TPSA) is 55.6 Å². The molecule has 98 valence electrons. The van der Waals surface area contributed by atoms with Gasteiger partial charge in [-0.1, -0.05) is 13.0 Å². The number of thioether (sulfide) groups is 1. The van der Waals surface area contributed by atoms with Gasteiger partial charge in [-0.25, -0.2) is 0 Å². The Kier molecular flexibility index (Phi) is 4.36. The smallest absolute Gasteiger partial charge is 0.260 e. The molecule has 1 aromatic rings. The Morgan fingerprint density at radius 2 is 2.44 bits per heavy atom. The maximum absolute atomic E-state index is 12.0. The lowest BCUT2D eigenvalue weighted by Crippen LogP contribution is -2.43. The van der Waals surface area contributed by atoms with Gasteiger partial charge in [0.05, 0.1) is 0 Å². The van der Waals surface area contributed by atoms with Gasteiger partial charge in [-0.05, 0) is 12.1 Å². The second-order valence-corrected chi connectivity index (χ2v) is 5.93. The second-order valence-electron chi connectivity index (χ2n) is 4.38. The lowest BCUT2D eigenvalue weighted by Gasteiger charge is -2.30. The van der Waals surface area contributed by atoms with Crippen LogP contribution < -0.4 is 10.5 Å². The summed E-state index contributed by atoms with van der Waals surface area (Å²) in [6.45, 7) is 3.85. The van der Waals surface area contributed by atoms with E-state index in [1.165, 1.54) is 0 Å². The van der Waals surface area contributed by atoms with E-state index < -0.39 is 0 Å². The molecule has 0 saturated carbocycles. The van der Waals surface area contributed by atoms with Crippen molar-refractivity contribution in [3.05, 3.63) is 24.3 Å². The number of hydrogen-bond acceptors (Lipinski definition) is 4. The molecule has 1 amide bonds. The third kappa shape index (κ3) is 3.57. The zero-order chi connectivity index (χ0) is 13.0. The number of nitrogens with zero attached hydrogens (tertiary/aromatic N) is 1. The average Bonchev–Trinajstić information content (AvgIpc) is 2.36. The Morgan fingerprint density at radius 3 is 3.17 bits per heavy atom. The van der Waals surface area contributed by atoms with E-state index in [1.54, 1.807) is 18.2 Å². The molecule has 1 unspecified atom stereocenters. The number of nitrogen functional groups attached to an aromatic ring is 1. The fraction of sp³-hybridized carbons (Fsp3) is 0.462. The summed E-state index contributed by atoms with van der Waals surface area (Å²) in [6.07, 6.45) is 0. The lowest BCUT2D eigenvalue weighted by molar-refractivity contribution is -0.133. The van der Waals surface area contributed by atoms with Crippen molar-refractivity contribution in [1.82, 2.24) is 4.90 Å². The molecule has 2 N–H and O–H groups in total. The Balaban J connectivity index is 1.84. The van der Waals surface area contributed by atoms with Gasteiger partial charge in [0.1, 0.15) is 5.75 Å². The highest BCUT2D eigenvalue weighted by Crippen LogP contribution is 2.18. The summed E-state index contributed by atoms with van der Waals surface area (Å²) >= 11 is 1.90. The van der Waals surface area contributed by atoms with Gasteiger partial charge in [-0.2, -0.15) is 11.8 Å². The van der Waals surface area contributed by atoms with Gasteiger partial charge in [-0.3, -0.25) is 4.79 Å². The summed E-state index contributed by atoms with van der Waals surface area (Å²) in [5.41, 5.74) is 6.29. The van der Waals surface area contributed by atoms with Crippen molar-refractivity contribution in [2.24, 2.45) is 0 Å². The van der Waals surface area contributed by atoms with Crippen LogP contribution >= 0.6 is 11.8 Å². The van der Waals surface area contributed by atoms with Gasteiger partial charge in [0.2, 0.25) is 0 Å². The van der Waals surface area contributed by atoms with E-state index in [1.807, 2.05) is 22.7 Å². The van der Waals surface area contributed by atoms with Crippen molar-refractivity contribution in [2.75, 3.05) is 31.2 Å². The number of nitrogens with two attached hydrogens (primary N) is 1. The molecule has 0 aromatic heterocycles. The molecule has 0 radical (unpaired) electrons. The van der Waals surface area contributed by atoms with E-state index in [0.29, 0.717) is 16.7 Å². The van der Waals surface area contributed by atoms with Crippen LogP contribution in [-0.4, -0.2) is 41.5 Å². The monoisotopic (exact) mass is 266 g/mol. The summed E-state index contributed by atoms with van der Waals surface area (Å²) in [5.74, 6) is 1.69. The van der Waals surface area contributed by atoms with Crippen LogP contribution in [0.2, 0.25) is 0 Å². The molecular weight excluding hydrogens is 248 g/mol. The number of benzene rings is 1. The third-order valence-corrected chi connectivity index (χ3v) is 3.95. The number of amides is 1. The van der Waals surface area contributed by atoms with Crippen molar-refractivity contribution in [3.8, 4) is 5.75 Å². The Hall–Kier alpha value is -1.36. The van der Waals surface area contributed by atoms with Gasteiger partial charge in [0.15, 0.2) is 6.61 Å². The van der Waals surface area contributed by atoms with Crippen LogP contribution in [0.25, 0.3) is 0 Å². The van der Waals surface area contributed by atoms with Crippen molar-refractivity contribution in [1.29, 1.82) is 0 Å². The number of carbonyl (C=O) groups excluding carboxylic acids is 1. The molecule has 5 heteroatoms. The van der Waals surface area contributed by atoms with E-state index in [2.05, 4.69) is 6.92 Å². The van der Waals surface area contributed by atoms with E-state index in [9.17, 15) is 4.79 Å². The SMILES string of the molecule is CC1CN(C(=O)COc2cccc(N)c2)CCS1. The minimum atomic E-state index is 0.0459. The lowest BCUT2D eigenvalue weighted by atomic mass is 10.3. The van der Waals surface area contributed by atoms with Crippen LogP contribution in [0.5, 0.6) is 5.75 Å². The molecule has 0 spiro atoms. The predicted molar refractivity (Wildman–Crippen MR) is 74.8 cm³/mol. The number of ether oxygens (including phenoxy) is 1. The van der Waals surface area contributed by atoms with Gasteiger partial charge < -0.3 is 15.4 Å². The third-order valence-electron chi connectivity index (χ3n) is 2.81. The van der Waals surface area contributed by atoms with Crippen LogP contribution in [0, 0.1) is 0 Å². The zero-order valence-corrected chi connectivity index (χ0v) is 11.3. The van der Waals surface area contributed by atoms with Crippen LogP contribution in [0.3, 0.4) is 0 Å². The van der Waals surface area contributed by atoms with E-state index in [0.717, 1.165) is 18.8 Å². The minimum Gasteiger partial charge on any atom is -0.484 e. The van der Waals surface area contributed by atoms with Gasteiger partial charge in [0.25, 0.3) is 5.91 Å². The summed E-state index contributed by atoms with van der Waals surface area (Å²) in [7, 11) is 0. The first-order valence-electron chi connectivity index (χ1n) is 6.03. The molecule has 18 heavy (non-hydrogen) atoms. The first-order valence-corrected chi connectivity index (χ1v) is 7.08. The van der Waals surface area contributed by atoms with Crippen LogP contribution in [-0.2, 0) is 4.79 Å². The molecule has 1 aliphatic rings. The van der Waals surface area contributed by atoms with Gasteiger partial charge >= 0.3 is 0 Å². The van der Waals surface area contributed by atoms with Crippen molar-refractivity contribution in [2.45, 2.75) is 12.2 Å². The molecule has 1 aliphatic heterocycles.